The van der Waals surface area contributed by atoms with Gasteiger partial charge in [0.05, 0.1) is 17.9 Å². The highest BCUT2D eigenvalue weighted by Crippen LogP contribution is 2.23. The van der Waals surface area contributed by atoms with Gasteiger partial charge >= 0.3 is 0 Å². The number of hydrogen-bond donors (Lipinski definition) is 2. The number of nitrogens with two attached hydrogens (primary N) is 1. The lowest BCUT2D eigenvalue weighted by Gasteiger charge is -2.20. The first-order valence-electron chi connectivity index (χ1n) is 6.54. The highest BCUT2D eigenvalue weighted by Gasteiger charge is 2.27. The summed E-state index contributed by atoms with van der Waals surface area (Å²) in [5.41, 5.74) is 6.41. The van der Waals surface area contributed by atoms with Crippen LogP contribution < -0.4 is 11.1 Å². The smallest absolute Gasteiger partial charge is 0.238 e. The number of benzene rings is 1. The molecule has 1 aliphatic heterocycles. The molecule has 19 heavy (non-hydrogen) atoms. The van der Waals surface area contributed by atoms with E-state index in [0.717, 1.165) is 13.0 Å². The van der Waals surface area contributed by atoms with Gasteiger partial charge in [0.1, 0.15) is 5.82 Å². The molecular formula is C14H20FN3O. The van der Waals surface area contributed by atoms with Crippen LogP contribution in [0.1, 0.15) is 20.3 Å². The molecule has 104 valence electrons. The van der Waals surface area contributed by atoms with Crippen molar-refractivity contribution in [3.05, 3.63) is 24.0 Å². The number of nitrogens with zero attached hydrogens (tertiary/aromatic N) is 1. The monoisotopic (exact) mass is 265 g/mol. The molecule has 0 saturated carbocycles. The minimum absolute atomic E-state index is 0.154. The highest BCUT2D eigenvalue weighted by atomic mass is 19.1. The normalized spacial score (nSPS) is 23.5. The zero-order chi connectivity index (χ0) is 14.0. The molecule has 0 aromatic heterocycles. The Kier molecular flexibility index (Phi) is 4.04. The summed E-state index contributed by atoms with van der Waals surface area (Å²) in [6, 6.07) is 4.37. The van der Waals surface area contributed by atoms with Gasteiger partial charge < -0.3 is 11.1 Å². The van der Waals surface area contributed by atoms with Crippen molar-refractivity contribution in [2.75, 3.05) is 24.1 Å². The molecule has 1 amide bonds. The molecule has 0 bridgehead atoms. The van der Waals surface area contributed by atoms with E-state index in [1.807, 2.05) is 0 Å². The Labute approximate surface area is 112 Å². The molecule has 0 spiro atoms. The topological polar surface area (TPSA) is 58.4 Å². The largest absolute Gasteiger partial charge is 0.397 e. The Hall–Kier alpha value is -1.62. The third kappa shape index (κ3) is 3.44. The Bertz CT molecular complexity index is 478. The Morgan fingerprint density at radius 2 is 2.26 bits per heavy atom. The first kappa shape index (κ1) is 13.8. The lowest BCUT2D eigenvalue weighted by molar-refractivity contribution is -0.117. The van der Waals surface area contributed by atoms with Gasteiger partial charge in [-0.05, 0) is 37.5 Å². The van der Waals surface area contributed by atoms with Gasteiger partial charge in [0.15, 0.2) is 0 Å². The maximum absolute atomic E-state index is 13.1. The predicted octanol–water partition coefficient (Wildman–Crippen LogP) is 2.08. The number of halogens is 1. The van der Waals surface area contributed by atoms with Crippen molar-refractivity contribution in [2.45, 2.75) is 26.3 Å². The van der Waals surface area contributed by atoms with Crippen molar-refractivity contribution in [3.8, 4) is 0 Å². The van der Waals surface area contributed by atoms with Gasteiger partial charge in [0.2, 0.25) is 5.91 Å². The Balaban J connectivity index is 1.96. The van der Waals surface area contributed by atoms with Gasteiger partial charge in [0, 0.05) is 12.6 Å². The van der Waals surface area contributed by atoms with E-state index in [9.17, 15) is 9.18 Å². The fraction of sp³-hybridized carbons (Fsp3) is 0.500. The zero-order valence-electron chi connectivity index (χ0n) is 11.3. The summed E-state index contributed by atoms with van der Waals surface area (Å²) in [5.74, 6) is 0.0490. The van der Waals surface area contributed by atoms with Crippen molar-refractivity contribution in [2.24, 2.45) is 5.92 Å². The quantitative estimate of drug-likeness (QED) is 0.823. The number of carbonyl (C=O) groups is 1. The standard InChI is InChI=1S/C14H20FN3O/c1-9-5-10(2)18(7-9)8-14(19)17-13-6-11(15)3-4-12(13)16/h3-4,6,9-10H,5,7-8,16H2,1-2H3,(H,17,19). The van der Waals surface area contributed by atoms with Crippen LogP contribution in [0.15, 0.2) is 18.2 Å². The summed E-state index contributed by atoms with van der Waals surface area (Å²) in [7, 11) is 0. The Morgan fingerprint density at radius 1 is 1.53 bits per heavy atom. The number of rotatable bonds is 3. The molecule has 2 atom stereocenters. The van der Waals surface area contributed by atoms with Crippen LogP contribution >= 0.6 is 0 Å². The molecular weight excluding hydrogens is 245 g/mol. The van der Waals surface area contributed by atoms with Crippen LogP contribution in [-0.2, 0) is 4.79 Å². The van der Waals surface area contributed by atoms with E-state index in [0.29, 0.717) is 29.9 Å². The predicted molar refractivity (Wildman–Crippen MR) is 74.3 cm³/mol. The lowest BCUT2D eigenvalue weighted by atomic mass is 10.1. The molecule has 3 N–H and O–H groups in total. The molecule has 1 saturated heterocycles. The zero-order valence-corrected chi connectivity index (χ0v) is 11.3. The molecule has 4 nitrogen and oxygen atoms in total. The van der Waals surface area contributed by atoms with Gasteiger partial charge in [-0.3, -0.25) is 9.69 Å². The number of hydrogen-bond acceptors (Lipinski definition) is 3. The second kappa shape index (κ2) is 5.57. The maximum Gasteiger partial charge on any atom is 0.238 e. The SMILES string of the molecule is CC1CC(C)N(CC(=O)Nc2cc(F)ccc2N)C1. The Morgan fingerprint density at radius 3 is 2.89 bits per heavy atom. The fourth-order valence-electron chi connectivity index (χ4n) is 2.62. The fourth-order valence-corrected chi connectivity index (χ4v) is 2.62. The minimum Gasteiger partial charge on any atom is -0.397 e. The molecule has 0 radical (unpaired) electrons. The second-order valence-corrected chi connectivity index (χ2v) is 5.40. The number of amides is 1. The van der Waals surface area contributed by atoms with E-state index in [1.54, 1.807) is 0 Å². The molecule has 1 heterocycles. The molecule has 0 aliphatic carbocycles. The van der Waals surface area contributed by atoms with Crippen molar-refractivity contribution in [1.82, 2.24) is 4.90 Å². The third-order valence-corrected chi connectivity index (χ3v) is 3.55. The molecule has 1 fully saturated rings. The van der Waals surface area contributed by atoms with Crippen LogP contribution in [0.2, 0.25) is 0 Å². The molecule has 1 aromatic carbocycles. The molecule has 2 unspecified atom stereocenters. The van der Waals surface area contributed by atoms with E-state index in [2.05, 4.69) is 24.1 Å². The molecule has 1 aliphatic rings. The average molecular weight is 265 g/mol. The minimum atomic E-state index is -0.410. The van der Waals surface area contributed by atoms with Gasteiger partial charge in [-0.2, -0.15) is 0 Å². The lowest BCUT2D eigenvalue weighted by Crippen LogP contribution is -2.35. The van der Waals surface area contributed by atoms with Crippen LogP contribution in [-0.4, -0.2) is 29.9 Å². The van der Waals surface area contributed by atoms with Crippen molar-refractivity contribution in [1.29, 1.82) is 0 Å². The first-order valence-corrected chi connectivity index (χ1v) is 6.54. The summed E-state index contributed by atoms with van der Waals surface area (Å²) in [6.45, 7) is 5.54. The summed E-state index contributed by atoms with van der Waals surface area (Å²) in [5, 5.41) is 2.67. The van der Waals surface area contributed by atoms with Gasteiger partial charge in [-0.15, -0.1) is 0 Å². The van der Waals surface area contributed by atoms with E-state index >= 15 is 0 Å². The van der Waals surface area contributed by atoms with Crippen LogP contribution in [0, 0.1) is 11.7 Å². The van der Waals surface area contributed by atoms with E-state index in [4.69, 9.17) is 5.73 Å². The van der Waals surface area contributed by atoms with Crippen LogP contribution in [0.5, 0.6) is 0 Å². The maximum atomic E-state index is 13.1. The summed E-state index contributed by atoms with van der Waals surface area (Å²) in [4.78, 5) is 14.1. The van der Waals surface area contributed by atoms with Gasteiger partial charge in [-0.25, -0.2) is 4.39 Å². The van der Waals surface area contributed by atoms with E-state index < -0.39 is 5.82 Å². The number of anilines is 2. The van der Waals surface area contributed by atoms with Crippen LogP contribution in [0.3, 0.4) is 0 Å². The van der Waals surface area contributed by atoms with Crippen molar-refractivity contribution in [3.63, 3.8) is 0 Å². The first-order chi connectivity index (χ1) is 8.95. The van der Waals surface area contributed by atoms with Crippen molar-refractivity contribution < 1.29 is 9.18 Å². The van der Waals surface area contributed by atoms with Crippen LogP contribution in [0.4, 0.5) is 15.8 Å². The number of nitrogen functional groups attached to an aromatic ring is 1. The van der Waals surface area contributed by atoms with E-state index in [1.165, 1.54) is 18.2 Å². The second-order valence-electron chi connectivity index (χ2n) is 5.40. The van der Waals surface area contributed by atoms with Gasteiger partial charge in [-0.1, -0.05) is 6.92 Å². The van der Waals surface area contributed by atoms with Gasteiger partial charge in [0.25, 0.3) is 0 Å². The highest BCUT2D eigenvalue weighted by molar-refractivity contribution is 5.95. The summed E-state index contributed by atoms with van der Waals surface area (Å²) in [6.07, 6.45) is 1.11. The molecule has 2 rings (SSSR count). The number of nitrogens with one attached hydrogen (secondary N) is 1. The van der Waals surface area contributed by atoms with E-state index in [-0.39, 0.29) is 5.91 Å². The third-order valence-electron chi connectivity index (χ3n) is 3.55. The number of carbonyl (C=O) groups excluding carboxylic acids is 1. The molecule has 5 heteroatoms. The summed E-state index contributed by atoms with van der Waals surface area (Å²) >= 11 is 0. The summed E-state index contributed by atoms with van der Waals surface area (Å²) < 4.78 is 13.1. The average Bonchev–Trinajstić information content (AvgIpc) is 2.62. The number of likely N-dealkylation sites (tertiary alicyclic amines) is 1. The van der Waals surface area contributed by atoms with Crippen molar-refractivity contribution >= 4 is 17.3 Å². The molecule has 1 aromatic rings. The van der Waals surface area contributed by atoms with Crippen LogP contribution in [0.25, 0.3) is 0 Å².